The lowest BCUT2D eigenvalue weighted by Gasteiger charge is -2.10. The highest BCUT2D eigenvalue weighted by molar-refractivity contribution is 5.75. The third kappa shape index (κ3) is 4.88. The van der Waals surface area contributed by atoms with Crippen LogP contribution in [0.2, 0.25) is 0 Å². The first-order valence-corrected chi connectivity index (χ1v) is 5.01. The number of ether oxygens (including phenoxy) is 1. The Hall–Kier alpha value is -1.43. The van der Waals surface area contributed by atoms with Crippen LogP contribution in [-0.2, 0) is 16.1 Å². The van der Waals surface area contributed by atoms with Crippen LogP contribution < -0.4 is 11.3 Å². The molecule has 0 bridgehead atoms. The molecule has 0 saturated carbocycles. The van der Waals surface area contributed by atoms with Crippen molar-refractivity contribution in [1.82, 2.24) is 5.43 Å². The first kappa shape index (κ1) is 12.6. The number of nitrogens with two attached hydrogens (primary N) is 1. The predicted molar refractivity (Wildman–Crippen MR) is 59.1 cm³/mol. The van der Waals surface area contributed by atoms with E-state index in [1.165, 1.54) is 0 Å². The summed E-state index contributed by atoms with van der Waals surface area (Å²) in [4.78, 5) is 10.8. The number of hydrogen-bond acceptors (Lipinski definition) is 4. The Morgan fingerprint density at radius 1 is 1.44 bits per heavy atom. The molecule has 0 unspecified atom stereocenters. The number of rotatable bonds is 6. The van der Waals surface area contributed by atoms with Crippen LogP contribution in [0.3, 0.4) is 0 Å². The van der Waals surface area contributed by atoms with E-state index in [9.17, 15) is 9.90 Å². The predicted octanol–water partition coefficient (Wildman–Crippen LogP) is -0.0559. The van der Waals surface area contributed by atoms with Gasteiger partial charge in [-0.15, -0.1) is 0 Å². The minimum Gasteiger partial charge on any atom is -0.390 e. The average molecular weight is 224 g/mol. The van der Waals surface area contributed by atoms with Gasteiger partial charge < -0.3 is 9.84 Å². The second-order valence-electron chi connectivity index (χ2n) is 3.43. The molecular formula is C11H16N2O3. The summed E-state index contributed by atoms with van der Waals surface area (Å²) in [7, 11) is 0. The quantitative estimate of drug-likeness (QED) is 0.359. The van der Waals surface area contributed by atoms with E-state index in [-0.39, 0.29) is 13.0 Å². The van der Waals surface area contributed by atoms with Crippen LogP contribution >= 0.6 is 0 Å². The van der Waals surface area contributed by atoms with Crippen LogP contribution in [-0.4, -0.2) is 23.7 Å². The van der Waals surface area contributed by atoms with E-state index in [0.29, 0.717) is 6.61 Å². The molecule has 0 aliphatic carbocycles. The number of hydrogen-bond donors (Lipinski definition) is 3. The van der Waals surface area contributed by atoms with Crippen molar-refractivity contribution in [3.63, 3.8) is 0 Å². The molecular weight excluding hydrogens is 208 g/mol. The lowest BCUT2D eigenvalue weighted by Crippen LogP contribution is -2.34. The highest BCUT2D eigenvalue weighted by Gasteiger charge is 2.09. The molecule has 1 aromatic rings. The summed E-state index contributed by atoms with van der Waals surface area (Å²) >= 11 is 0. The number of benzene rings is 1. The second kappa shape index (κ2) is 6.95. The van der Waals surface area contributed by atoms with Gasteiger partial charge in [0.15, 0.2) is 0 Å². The summed E-state index contributed by atoms with van der Waals surface area (Å²) in [5.74, 6) is 4.48. The van der Waals surface area contributed by atoms with Gasteiger partial charge in [-0.3, -0.25) is 10.2 Å². The van der Waals surface area contributed by atoms with Crippen LogP contribution in [0.5, 0.6) is 0 Å². The van der Waals surface area contributed by atoms with E-state index >= 15 is 0 Å². The molecule has 0 aliphatic heterocycles. The summed E-state index contributed by atoms with van der Waals surface area (Å²) in [5, 5.41) is 9.39. The average Bonchev–Trinajstić information content (AvgIpc) is 2.30. The van der Waals surface area contributed by atoms with Gasteiger partial charge >= 0.3 is 0 Å². The zero-order chi connectivity index (χ0) is 11.8. The van der Waals surface area contributed by atoms with Gasteiger partial charge in [0.1, 0.15) is 0 Å². The number of carbonyl (C=O) groups is 1. The monoisotopic (exact) mass is 224 g/mol. The van der Waals surface area contributed by atoms with Gasteiger partial charge in [0.05, 0.1) is 25.7 Å². The van der Waals surface area contributed by atoms with Crippen molar-refractivity contribution in [1.29, 1.82) is 0 Å². The van der Waals surface area contributed by atoms with E-state index < -0.39 is 12.0 Å². The fourth-order valence-electron chi connectivity index (χ4n) is 1.22. The van der Waals surface area contributed by atoms with Gasteiger partial charge in [0, 0.05) is 0 Å². The molecule has 0 heterocycles. The van der Waals surface area contributed by atoms with Crippen molar-refractivity contribution < 1.29 is 14.6 Å². The van der Waals surface area contributed by atoms with Crippen LogP contribution in [0.15, 0.2) is 30.3 Å². The van der Waals surface area contributed by atoms with E-state index in [1.54, 1.807) is 0 Å². The van der Waals surface area contributed by atoms with E-state index in [1.807, 2.05) is 35.8 Å². The Morgan fingerprint density at radius 2 is 2.12 bits per heavy atom. The van der Waals surface area contributed by atoms with Crippen molar-refractivity contribution in [2.24, 2.45) is 5.84 Å². The summed E-state index contributed by atoms with van der Waals surface area (Å²) < 4.78 is 5.26. The van der Waals surface area contributed by atoms with E-state index in [2.05, 4.69) is 0 Å². The summed E-state index contributed by atoms with van der Waals surface area (Å²) in [6.07, 6.45) is -0.877. The highest BCUT2D eigenvalue weighted by atomic mass is 16.5. The Balaban J connectivity index is 2.18. The van der Waals surface area contributed by atoms with Crippen molar-refractivity contribution in [2.45, 2.75) is 19.1 Å². The van der Waals surface area contributed by atoms with Gasteiger partial charge in [-0.2, -0.15) is 0 Å². The van der Waals surface area contributed by atoms with Crippen LogP contribution in [0.1, 0.15) is 12.0 Å². The Kier molecular flexibility index (Phi) is 5.49. The molecule has 1 aromatic carbocycles. The van der Waals surface area contributed by atoms with Gasteiger partial charge in [-0.25, -0.2) is 5.84 Å². The molecule has 0 fully saturated rings. The van der Waals surface area contributed by atoms with Crippen molar-refractivity contribution in [2.75, 3.05) is 6.61 Å². The molecule has 0 saturated heterocycles. The summed E-state index contributed by atoms with van der Waals surface area (Å²) in [5.41, 5.74) is 2.98. The zero-order valence-electron chi connectivity index (χ0n) is 8.93. The molecule has 0 radical (unpaired) electrons. The molecule has 4 N–H and O–H groups in total. The lowest BCUT2D eigenvalue weighted by atomic mass is 10.2. The first-order valence-electron chi connectivity index (χ1n) is 5.01. The standard InChI is InChI=1S/C11H16N2O3/c12-13-11(15)6-10(14)8-16-7-9-4-2-1-3-5-9/h1-5,10,14H,6-8,12H2,(H,13,15)/t10-/m0/s1. The smallest absolute Gasteiger partial charge is 0.236 e. The number of hydrazine groups is 1. The molecule has 0 aliphatic rings. The molecule has 88 valence electrons. The van der Waals surface area contributed by atoms with E-state index in [0.717, 1.165) is 5.56 Å². The molecule has 1 amide bonds. The van der Waals surface area contributed by atoms with Gasteiger partial charge in [-0.1, -0.05) is 30.3 Å². The third-order valence-corrected chi connectivity index (χ3v) is 2.00. The second-order valence-corrected chi connectivity index (χ2v) is 3.43. The minimum atomic E-state index is -0.827. The number of carbonyl (C=O) groups excluding carboxylic acids is 1. The van der Waals surface area contributed by atoms with Crippen molar-refractivity contribution in [3.05, 3.63) is 35.9 Å². The van der Waals surface area contributed by atoms with Gasteiger partial charge in [0.25, 0.3) is 0 Å². The Labute approximate surface area is 94.2 Å². The molecule has 5 nitrogen and oxygen atoms in total. The maximum absolute atomic E-state index is 10.8. The Morgan fingerprint density at radius 3 is 2.75 bits per heavy atom. The maximum atomic E-state index is 10.8. The molecule has 1 atom stereocenters. The fourth-order valence-corrected chi connectivity index (χ4v) is 1.22. The maximum Gasteiger partial charge on any atom is 0.236 e. The molecule has 1 rings (SSSR count). The summed E-state index contributed by atoms with van der Waals surface area (Å²) in [6.45, 7) is 0.532. The van der Waals surface area contributed by atoms with Crippen LogP contribution in [0, 0.1) is 0 Å². The highest BCUT2D eigenvalue weighted by Crippen LogP contribution is 2.01. The molecule has 0 spiro atoms. The molecule has 5 heteroatoms. The van der Waals surface area contributed by atoms with E-state index in [4.69, 9.17) is 10.6 Å². The largest absolute Gasteiger partial charge is 0.390 e. The SMILES string of the molecule is NNC(=O)C[C@H](O)COCc1ccccc1. The minimum absolute atomic E-state index is 0.0503. The molecule has 16 heavy (non-hydrogen) atoms. The number of aliphatic hydroxyl groups excluding tert-OH is 1. The first-order chi connectivity index (χ1) is 7.72. The normalized spacial score (nSPS) is 12.1. The summed E-state index contributed by atoms with van der Waals surface area (Å²) in [6, 6.07) is 9.61. The number of nitrogens with one attached hydrogen (secondary N) is 1. The number of aliphatic hydroxyl groups is 1. The van der Waals surface area contributed by atoms with Crippen LogP contribution in [0.4, 0.5) is 0 Å². The topological polar surface area (TPSA) is 84.6 Å². The van der Waals surface area contributed by atoms with Crippen molar-refractivity contribution >= 4 is 5.91 Å². The van der Waals surface area contributed by atoms with Crippen molar-refractivity contribution in [3.8, 4) is 0 Å². The zero-order valence-corrected chi connectivity index (χ0v) is 8.93. The lowest BCUT2D eigenvalue weighted by molar-refractivity contribution is -0.124. The molecule has 0 aromatic heterocycles. The third-order valence-electron chi connectivity index (χ3n) is 2.00. The Bertz CT molecular complexity index is 316. The van der Waals surface area contributed by atoms with Gasteiger partial charge in [-0.05, 0) is 5.56 Å². The van der Waals surface area contributed by atoms with Gasteiger partial charge in [0.2, 0.25) is 5.91 Å². The fraction of sp³-hybridized carbons (Fsp3) is 0.364. The van der Waals surface area contributed by atoms with Crippen LogP contribution in [0.25, 0.3) is 0 Å². The number of amides is 1.